The van der Waals surface area contributed by atoms with Crippen molar-refractivity contribution in [2.24, 2.45) is 0 Å². The predicted octanol–water partition coefficient (Wildman–Crippen LogP) is 3.80. The van der Waals surface area contributed by atoms with E-state index in [1.165, 1.54) is 12.1 Å². The first-order valence-electron chi connectivity index (χ1n) is 9.58. The molecule has 152 valence electrons. The fourth-order valence-corrected chi connectivity index (χ4v) is 3.39. The van der Waals surface area contributed by atoms with Crippen LogP contribution >= 0.6 is 0 Å². The molecule has 0 fully saturated rings. The number of ether oxygens (including phenoxy) is 2. The van der Waals surface area contributed by atoms with Crippen molar-refractivity contribution in [2.75, 3.05) is 6.61 Å². The summed E-state index contributed by atoms with van der Waals surface area (Å²) in [7, 11) is 0. The molecule has 0 saturated carbocycles. The zero-order chi connectivity index (χ0) is 20.5. The highest BCUT2D eigenvalue weighted by atomic mass is 19.1. The SMILES string of the molecule is CCOc1cccc(-c2noc(-c3nnn4c3CO[C@H](c3ccc(F)cc3)C4)n2)c1. The van der Waals surface area contributed by atoms with Crippen molar-refractivity contribution in [3.63, 3.8) is 0 Å². The maximum absolute atomic E-state index is 13.2. The standard InChI is InChI=1S/C21H18FN5O3/c1-2-28-16-5-3-4-14(10-16)20-23-21(30-25-20)19-17-12-29-18(11-27(17)26-24-19)13-6-8-15(22)9-7-13/h3-10,18H,2,11-12H2,1H3/t18-/m0/s1. The lowest BCUT2D eigenvalue weighted by Crippen LogP contribution is -2.22. The number of rotatable bonds is 5. The molecule has 0 saturated heterocycles. The van der Waals surface area contributed by atoms with Crippen molar-refractivity contribution in [1.29, 1.82) is 0 Å². The van der Waals surface area contributed by atoms with Crippen molar-refractivity contribution < 1.29 is 18.4 Å². The van der Waals surface area contributed by atoms with Gasteiger partial charge in [0.05, 0.1) is 25.5 Å². The Kier molecular flexibility index (Phi) is 4.72. The molecule has 0 radical (unpaired) electrons. The topological polar surface area (TPSA) is 88.1 Å². The van der Waals surface area contributed by atoms with Gasteiger partial charge in [0.15, 0.2) is 5.69 Å². The van der Waals surface area contributed by atoms with Crippen LogP contribution in [0.3, 0.4) is 0 Å². The zero-order valence-corrected chi connectivity index (χ0v) is 16.2. The fourth-order valence-electron chi connectivity index (χ4n) is 3.39. The average molecular weight is 407 g/mol. The van der Waals surface area contributed by atoms with Gasteiger partial charge in [0.1, 0.15) is 17.7 Å². The molecule has 9 heteroatoms. The molecule has 0 bridgehead atoms. The highest BCUT2D eigenvalue weighted by Crippen LogP contribution is 2.31. The summed E-state index contributed by atoms with van der Waals surface area (Å²) in [6, 6.07) is 13.7. The number of benzene rings is 2. The van der Waals surface area contributed by atoms with Crippen molar-refractivity contribution in [1.82, 2.24) is 25.1 Å². The normalized spacial score (nSPS) is 15.7. The minimum atomic E-state index is -0.280. The van der Waals surface area contributed by atoms with Gasteiger partial charge in [0.25, 0.3) is 5.89 Å². The summed E-state index contributed by atoms with van der Waals surface area (Å²) in [5.74, 6) is 1.17. The van der Waals surface area contributed by atoms with Crippen LogP contribution in [0.1, 0.15) is 24.3 Å². The van der Waals surface area contributed by atoms with Crippen LogP contribution in [0.25, 0.3) is 23.0 Å². The van der Waals surface area contributed by atoms with E-state index in [9.17, 15) is 4.39 Å². The number of nitrogens with zero attached hydrogens (tertiary/aromatic N) is 5. The third-order valence-corrected chi connectivity index (χ3v) is 4.87. The van der Waals surface area contributed by atoms with Gasteiger partial charge in [0, 0.05) is 5.56 Å². The number of halogens is 1. The minimum Gasteiger partial charge on any atom is -0.494 e. The van der Waals surface area contributed by atoms with E-state index in [1.54, 1.807) is 16.8 Å². The monoisotopic (exact) mass is 407 g/mol. The molecule has 1 aliphatic heterocycles. The van der Waals surface area contributed by atoms with E-state index < -0.39 is 0 Å². The van der Waals surface area contributed by atoms with E-state index in [4.69, 9.17) is 14.0 Å². The molecular weight excluding hydrogens is 389 g/mol. The number of fused-ring (bicyclic) bond motifs is 1. The van der Waals surface area contributed by atoms with E-state index in [2.05, 4.69) is 20.5 Å². The van der Waals surface area contributed by atoms with Crippen LogP contribution in [0.15, 0.2) is 53.1 Å². The molecule has 8 nitrogen and oxygen atoms in total. The molecule has 3 heterocycles. The molecule has 0 aliphatic carbocycles. The van der Waals surface area contributed by atoms with Gasteiger partial charge in [0.2, 0.25) is 5.82 Å². The molecule has 30 heavy (non-hydrogen) atoms. The Labute approximate surface area is 171 Å². The first kappa shape index (κ1) is 18.4. The maximum Gasteiger partial charge on any atom is 0.280 e. The van der Waals surface area contributed by atoms with Crippen LogP contribution < -0.4 is 4.74 Å². The van der Waals surface area contributed by atoms with Crippen LogP contribution in [0, 0.1) is 5.82 Å². The van der Waals surface area contributed by atoms with Gasteiger partial charge >= 0.3 is 0 Å². The number of aromatic nitrogens is 5. The summed E-state index contributed by atoms with van der Waals surface area (Å²) in [5.41, 5.74) is 2.91. The second kappa shape index (κ2) is 7.68. The van der Waals surface area contributed by atoms with Gasteiger partial charge in [-0.15, -0.1) is 5.10 Å². The molecule has 4 aromatic rings. The Morgan fingerprint density at radius 3 is 2.90 bits per heavy atom. The maximum atomic E-state index is 13.2. The van der Waals surface area contributed by atoms with Crippen molar-refractivity contribution in [3.8, 4) is 28.7 Å². The van der Waals surface area contributed by atoms with Crippen molar-refractivity contribution >= 4 is 0 Å². The molecule has 0 amide bonds. The fraction of sp³-hybridized carbons (Fsp3) is 0.238. The second-order valence-electron chi connectivity index (χ2n) is 6.80. The summed E-state index contributed by atoms with van der Waals surface area (Å²) in [6.07, 6.45) is -0.229. The summed E-state index contributed by atoms with van der Waals surface area (Å²) in [4.78, 5) is 4.47. The first-order valence-corrected chi connectivity index (χ1v) is 9.58. The van der Waals surface area contributed by atoms with E-state index in [1.807, 2.05) is 31.2 Å². The van der Waals surface area contributed by atoms with Crippen molar-refractivity contribution in [3.05, 3.63) is 65.6 Å². The minimum absolute atomic E-state index is 0.229. The smallest absolute Gasteiger partial charge is 0.280 e. The summed E-state index contributed by atoms with van der Waals surface area (Å²) in [6.45, 7) is 3.25. The predicted molar refractivity (Wildman–Crippen MR) is 104 cm³/mol. The van der Waals surface area contributed by atoms with Gasteiger partial charge < -0.3 is 14.0 Å². The van der Waals surface area contributed by atoms with Gasteiger partial charge in [-0.3, -0.25) is 0 Å². The number of hydrogen-bond acceptors (Lipinski definition) is 7. The van der Waals surface area contributed by atoms with Gasteiger partial charge in [-0.2, -0.15) is 4.98 Å². The molecule has 2 aromatic heterocycles. The third-order valence-electron chi connectivity index (χ3n) is 4.87. The Morgan fingerprint density at radius 2 is 2.07 bits per heavy atom. The Morgan fingerprint density at radius 1 is 1.20 bits per heavy atom. The van der Waals surface area contributed by atoms with Crippen LogP contribution in [0.5, 0.6) is 5.75 Å². The lowest BCUT2D eigenvalue weighted by atomic mass is 10.1. The van der Waals surface area contributed by atoms with Crippen LogP contribution in [0.2, 0.25) is 0 Å². The summed E-state index contributed by atoms with van der Waals surface area (Å²) < 4.78 is 31.8. The first-order chi connectivity index (χ1) is 14.7. The highest BCUT2D eigenvalue weighted by Gasteiger charge is 2.28. The van der Waals surface area contributed by atoms with Gasteiger partial charge in [-0.05, 0) is 36.8 Å². The average Bonchev–Trinajstić information content (AvgIpc) is 3.41. The van der Waals surface area contributed by atoms with Crippen molar-refractivity contribution in [2.45, 2.75) is 26.2 Å². The summed E-state index contributed by atoms with van der Waals surface area (Å²) >= 11 is 0. The lowest BCUT2D eigenvalue weighted by Gasteiger charge is -2.24. The highest BCUT2D eigenvalue weighted by molar-refractivity contribution is 5.60. The molecule has 0 N–H and O–H groups in total. The lowest BCUT2D eigenvalue weighted by molar-refractivity contribution is -0.00120. The zero-order valence-electron chi connectivity index (χ0n) is 16.2. The van der Waals surface area contributed by atoms with E-state index in [-0.39, 0.29) is 24.4 Å². The van der Waals surface area contributed by atoms with Gasteiger partial charge in [-0.1, -0.05) is 34.6 Å². The Bertz CT molecular complexity index is 1170. The molecule has 5 rings (SSSR count). The molecule has 1 atom stereocenters. The Balaban J connectivity index is 1.39. The molecule has 2 aromatic carbocycles. The molecule has 0 unspecified atom stereocenters. The van der Waals surface area contributed by atoms with Crippen LogP contribution in [0.4, 0.5) is 4.39 Å². The summed E-state index contributed by atoms with van der Waals surface area (Å²) in [5, 5.41) is 12.5. The molecule has 1 aliphatic rings. The molecule has 0 spiro atoms. The third kappa shape index (κ3) is 3.43. The molecular formula is C21H18FN5O3. The van der Waals surface area contributed by atoms with E-state index >= 15 is 0 Å². The largest absolute Gasteiger partial charge is 0.494 e. The quantitative estimate of drug-likeness (QED) is 0.497. The van der Waals surface area contributed by atoms with Gasteiger partial charge in [-0.25, -0.2) is 9.07 Å². The van der Waals surface area contributed by atoms with Crippen LogP contribution in [-0.4, -0.2) is 31.7 Å². The van der Waals surface area contributed by atoms with E-state index in [0.29, 0.717) is 24.7 Å². The Hall–Kier alpha value is -3.59. The second-order valence-corrected chi connectivity index (χ2v) is 6.80. The van der Waals surface area contributed by atoms with Crippen LogP contribution in [-0.2, 0) is 17.9 Å². The number of hydrogen-bond donors (Lipinski definition) is 0. The van der Waals surface area contributed by atoms with E-state index in [0.717, 1.165) is 22.6 Å².